The quantitative estimate of drug-likeness (QED) is 0.367. The molecule has 0 heterocycles. The maximum absolute atomic E-state index is 13.5. The summed E-state index contributed by atoms with van der Waals surface area (Å²) in [7, 11) is 0. The minimum absolute atomic E-state index is 0.156. The number of hydrogen-bond donors (Lipinski definition) is 2. The van der Waals surface area contributed by atoms with Gasteiger partial charge in [-0.15, -0.1) is 0 Å². The topological polar surface area (TPSA) is 40.5 Å². The first-order chi connectivity index (χ1) is 14.9. The van der Waals surface area contributed by atoms with Crippen LogP contribution in [0.5, 0.6) is 0 Å². The van der Waals surface area contributed by atoms with Crippen molar-refractivity contribution >= 4 is 19.4 Å². The summed E-state index contributed by atoms with van der Waals surface area (Å²) in [6, 6.07) is 20.8. The van der Waals surface area contributed by atoms with Gasteiger partial charge in [0.25, 0.3) is 0 Å². The van der Waals surface area contributed by atoms with Crippen LogP contribution in [0.1, 0.15) is 16.7 Å². The van der Waals surface area contributed by atoms with Gasteiger partial charge < -0.3 is 0 Å². The predicted octanol–water partition coefficient (Wildman–Crippen LogP) is 4.68. The van der Waals surface area contributed by atoms with E-state index in [1.54, 1.807) is 60.7 Å². The molecule has 0 spiro atoms. The van der Waals surface area contributed by atoms with Gasteiger partial charge >= 0.3 is 186 Å². The zero-order valence-electron chi connectivity index (χ0n) is 16.4. The molecule has 0 aliphatic heterocycles. The average Bonchev–Trinajstić information content (AvgIpc) is 2.77. The molecule has 0 aromatic heterocycles. The molecule has 0 aliphatic rings. The average molecular weight is 519 g/mol. The molecule has 0 saturated heterocycles. The normalized spacial score (nSPS) is 13.2. The van der Waals surface area contributed by atoms with E-state index in [1.165, 1.54) is 6.07 Å². The van der Waals surface area contributed by atoms with Gasteiger partial charge in [0.1, 0.15) is 0 Å². The molecule has 0 atom stereocenters. The zero-order chi connectivity index (χ0) is 23.6. The van der Waals surface area contributed by atoms with Crippen LogP contribution < -0.4 is 4.46 Å². The van der Waals surface area contributed by atoms with Crippen molar-refractivity contribution in [3.8, 4) is 0 Å². The Hall–Kier alpha value is -2.32. The third-order valence-corrected chi connectivity index (χ3v) is 7.62. The summed E-state index contributed by atoms with van der Waals surface area (Å²) in [5, 5.41) is 21.3. The van der Waals surface area contributed by atoms with Crippen LogP contribution in [0.2, 0.25) is 5.32 Å². The van der Waals surface area contributed by atoms with Gasteiger partial charge in [0.2, 0.25) is 0 Å². The fourth-order valence-corrected chi connectivity index (χ4v) is 5.91. The summed E-state index contributed by atoms with van der Waals surface area (Å²) in [5.74, 6) is 0. The standard InChI is InChI=1S/C23H18F6O2Se/c24-22(25,26)21(31,23(27,28)29)18-13-7-8-14-19(18)32-15-20(30,16-9-3-1-4-10-16)17-11-5-2-6-12-17/h1-14,30-31H,15H2. The van der Waals surface area contributed by atoms with Gasteiger partial charge in [-0.3, -0.25) is 0 Å². The van der Waals surface area contributed by atoms with E-state index in [1.807, 2.05) is 0 Å². The van der Waals surface area contributed by atoms with E-state index in [-0.39, 0.29) is 9.78 Å². The van der Waals surface area contributed by atoms with Crippen molar-refractivity contribution in [2.45, 2.75) is 28.9 Å². The second kappa shape index (κ2) is 8.90. The molecule has 0 saturated carbocycles. The first-order valence-electron chi connectivity index (χ1n) is 9.33. The Morgan fingerprint density at radius 2 is 1.00 bits per heavy atom. The Labute approximate surface area is 186 Å². The molecule has 2 N–H and O–H groups in total. The molecule has 0 aliphatic carbocycles. The summed E-state index contributed by atoms with van der Waals surface area (Å²) in [6.45, 7) is 0. The minimum atomic E-state index is -5.98. The maximum atomic E-state index is 13.5. The second-order valence-corrected chi connectivity index (χ2v) is 9.22. The summed E-state index contributed by atoms with van der Waals surface area (Å²) < 4.78 is 80.4. The first-order valence-corrected chi connectivity index (χ1v) is 11.4. The molecule has 0 bridgehead atoms. The van der Waals surface area contributed by atoms with Crippen molar-refractivity contribution in [3.63, 3.8) is 0 Å². The Balaban J connectivity index is 2.06. The molecule has 0 radical (unpaired) electrons. The van der Waals surface area contributed by atoms with Crippen LogP contribution in [0.25, 0.3) is 0 Å². The van der Waals surface area contributed by atoms with Gasteiger partial charge in [0.05, 0.1) is 0 Å². The summed E-state index contributed by atoms with van der Waals surface area (Å²) in [4.78, 5) is 0. The molecular weight excluding hydrogens is 501 g/mol. The molecule has 9 heteroatoms. The molecule has 3 rings (SSSR count). The Morgan fingerprint density at radius 1 is 0.594 bits per heavy atom. The van der Waals surface area contributed by atoms with E-state index in [2.05, 4.69) is 0 Å². The molecule has 3 aromatic carbocycles. The molecule has 0 unspecified atom stereocenters. The van der Waals surface area contributed by atoms with E-state index in [9.17, 15) is 36.6 Å². The molecular formula is C23H18F6O2Se. The Kier molecular flexibility index (Phi) is 6.77. The molecule has 0 fully saturated rings. The van der Waals surface area contributed by atoms with Crippen LogP contribution in [0.15, 0.2) is 84.9 Å². The van der Waals surface area contributed by atoms with Crippen LogP contribution in [0, 0.1) is 0 Å². The third kappa shape index (κ3) is 4.43. The summed E-state index contributed by atoms with van der Waals surface area (Å²) >= 11 is -1.07. The molecule has 32 heavy (non-hydrogen) atoms. The zero-order valence-corrected chi connectivity index (χ0v) is 18.1. The van der Waals surface area contributed by atoms with Crippen LogP contribution in [0.4, 0.5) is 26.3 Å². The molecule has 0 amide bonds. The van der Waals surface area contributed by atoms with Crippen LogP contribution in [-0.2, 0) is 11.2 Å². The van der Waals surface area contributed by atoms with Crippen LogP contribution in [-0.4, -0.2) is 37.5 Å². The van der Waals surface area contributed by atoms with E-state index >= 15 is 0 Å². The fraction of sp³-hybridized carbons (Fsp3) is 0.217. The number of benzene rings is 3. The van der Waals surface area contributed by atoms with E-state index in [4.69, 9.17) is 0 Å². The van der Waals surface area contributed by atoms with Crippen LogP contribution in [0.3, 0.4) is 0 Å². The second-order valence-electron chi connectivity index (χ2n) is 7.08. The molecule has 170 valence electrons. The predicted molar refractivity (Wildman–Crippen MR) is 109 cm³/mol. The van der Waals surface area contributed by atoms with Crippen molar-refractivity contribution in [1.82, 2.24) is 0 Å². The number of aliphatic hydroxyl groups is 2. The number of halogens is 6. The number of alkyl halides is 6. The fourth-order valence-electron chi connectivity index (χ4n) is 3.30. The van der Waals surface area contributed by atoms with E-state index in [0.717, 1.165) is 12.1 Å². The van der Waals surface area contributed by atoms with Crippen molar-refractivity contribution < 1.29 is 36.6 Å². The van der Waals surface area contributed by atoms with Gasteiger partial charge in [-0.25, -0.2) is 0 Å². The van der Waals surface area contributed by atoms with E-state index < -0.39 is 44.1 Å². The Bertz CT molecular complexity index is 982. The summed E-state index contributed by atoms with van der Waals surface area (Å²) in [5.41, 5.74) is -7.04. The van der Waals surface area contributed by atoms with Crippen molar-refractivity contribution in [2.24, 2.45) is 0 Å². The van der Waals surface area contributed by atoms with Crippen LogP contribution >= 0.6 is 0 Å². The number of hydrogen-bond acceptors (Lipinski definition) is 2. The SMILES string of the molecule is OC(C[Se]c1ccccc1C(O)(C(F)(F)F)C(F)(F)F)(c1ccccc1)c1ccccc1. The third-order valence-electron chi connectivity index (χ3n) is 5.04. The monoisotopic (exact) mass is 520 g/mol. The van der Waals surface area contributed by atoms with Crippen molar-refractivity contribution in [2.75, 3.05) is 0 Å². The molecule has 2 nitrogen and oxygen atoms in total. The van der Waals surface area contributed by atoms with Gasteiger partial charge in [-0.1, -0.05) is 0 Å². The van der Waals surface area contributed by atoms with Gasteiger partial charge in [-0.05, 0) is 0 Å². The Morgan fingerprint density at radius 3 is 1.44 bits per heavy atom. The van der Waals surface area contributed by atoms with Crippen molar-refractivity contribution in [1.29, 1.82) is 0 Å². The van der Waals surface area contributed by atoms with Gasteiger partial charge in [0.15, 0.2) is 0 Å². The molecule has 3 aromatic rings. The summed E-state index contributed by atoms with van der Waals surface area (Å²) in [6.07, 6.45) is -12.0. The first kappa shape index (κ1) is 24.3. The number of rotatable bonds is 6. The van der Waals surface area contributed by atoms with E-state index in [0.29, 0.717) is 17.2 Å². The van der Waals surface area contributed by atoms with Crippen molar-refractivity contribution in [3.05, 3.63) is 102 Å². The van der Waals surface area contributed by atoms with Gasteiger partial charge in [-0.2, -0.15) is 0 Å². The van der Waals surface area contributed by atoms with Gasteiger partial charge in [0, 0.05) is 0 Å².